The molecule has 1 atom stereocenters. The van der Waals surface area contributed by atoms with Gasteiger partial charge >= 0.3 is 0 Å². The maximum absolute atomic E-state index is 6.34. The van der Waals surface area contributed by atoms with Crippen molar-refractivity contribution in [3.63, 3.8) is 0 Å². The van der Waals surface area contributed by atoms with Crippen LogP contribution in [0.2, 0.25) is 5.02 Å². The predicted molar refractivity (Wildman–Crippen MR) is 93.0 cm³/mol. The number of halogens is 1. The Bertz CT molecular complexity index is 410. The van der Waals surface area contributed by atoms with E-state index in [1.54, 1.807) is 0 Å². The van der Waals surface area contributed by atoms with Crippen molar-refractivity contribution < 1.29 is 0 Å². The van der Waals surface area contributed by atoms with Crippen LogP contribution in [0.25, 0.3) is 0 Å². The van der Waals surface area contributed by atoms with Gasteiger partial charge < -0.3 is 5.32 Å². The Kier molecular flexibility index (Phi) is 7.06. The molecule has 2 rings (SSSR count). The van der Waals surface area contributed by atoms with Crippen LogP contribution in [0.1, 0.15) is 57.9 Å². The van der Waals surface area contributed by atoms with Crippen LogP contribution in [0.5, 0.6) is 0 Å². The second-order valence-corrected chi connectivity index (χ2v) is 6.94. The van der Waals surface area contributed by atoms with Gasteiger partial charge in [-0.05, 0) is 49.3 Å². The number of benzene rings is 1. The highest BCUT2D eigenvalue weighted by Crippen LogP contribution is 2.34. The monoisotopic (exact) mass is 307 g/mol. The molecule has 0 radical (unpaired) electrons. The fourth-order valence-corrected chi connectivity index (χ4v) is 4.07. The molecule has 1 aliphatic carbocycles. The van der Waals surface area contributed by atoms with Crippen molar-refractivity contribution in [3.8, 4) is 0 Å². The third-order valence-electron chi connectivity index (χ3n) is 5.02. The predicted octanol–water partition coefficient (Wildman–Crippen LogP) is 5.47. The van der Waals surface area contributed by atoms with Crippen molar-refractivity contribution in [2.45, 2.75) is 64.8 Å². The minimum atomic E-state index is 0.581. The topological polar surface area (TPSA) is 12.0 Å². The first-order valence-electron chi connectivity index (χ1n) is 8.71. The van der Waals surface area contributed by atoms with Gasteiger partial charge in [0.15, 0.2) is 0 Å². The van der Waals surface area contributed by atoms with Gasteiger partial charge in [-0.1, -0.05) is 69.3 Å². The molecule has 1 fully saturated rings. The summed E-state index contributed by atoms with van der Waals surface area (Å²) in [5.74, 6) is 1.79. The fraction of sp³-hybridized carbons (Fsp3) is 0.684. The van der Waals surface area contributed by atoms with Crippen LogP contribution in [0.15, 0.2) is 24.3 Å². The Morgan fingerprint density at radius 3 is 2.48 bits per heavy atom. The molecule has 0 saturated heterocycles. The molecule has 2 heteroatoms. The number of rotatable bonds is 7. The van der Waals surface area contributed by atoms with Gasteiger partial charge in [0, 0.05) is 11.1 Å². The Balaban J connectivity index is 1.95. The lowest BCUT2D eigenvalue weighted by Gasteiger charge is -2.34. The van der Waals surface area contributed by atoms with Crippen LogP contribution in [-0.4, -0.2) is 12.6 Å². The minimum absolute atomic E-state index is 0.581. The number of hydrogen-bond donors (Lipinski definition) is 1. The summed E-state index contributed by atoms with van der Waals surface area (Å²) in [6, 6.07) is 8.89. The lowest BCUT2D eigenvalue weighted by molar-refractivity contribution is 0.213. The van der Waals surface area contributed by atoms with E-state index in [2.05, 4.69) is 31.3 Å². The molecular weight excluding hydrogens is 278 g/mol. The van der Waals surface area contributed by atoms with Gasteiger partial charge in [-0.3, -0.25) is 0 Å². The van der Waals surface area contributed by atoms with Crippen molar-refractivity contribution in [2.75, 3.05) is 6.54 Å². The highest BCUT2D eigenvalue weighted by atomic mass is 35.5. The van der Waals surface area contributed by atoms with Crippen molar-refractivity contribution >= 4 is 11.6 Å². The lowest BCUT2D eigenvalue weighted by Crippen LogP contribution is -2.39. The first-order valence-corrected chi connectivity index (χ1v) is 9.09. The maximum atomic E-state index is 6.34. The Morgan fingerprint density at radius 2 is 1.86 bits per heavy atom. The van der Waals surface area contributed by atoms with E-state index in [0.717, 1.165) is 29.8 Å². The molecule has 0 heterocycles. The van der Waals surface area contributed by atoms with Crippen LogP contribution >= 0.6 is 11.6 Å². The van der Waals surface area contributed by atoms with Crippen LogP contribution in [0.4, 0.5) is 0 Å². The molecule has 0 amide bonds. The zero-order chi connectivity index (χ0) is 15.1. The summed E-state index contributed by atoms with van der Waals surface area (Å²) in [6.07, 6.45) is 9.43. The molecule has 1 N–H and O–H groups in total. The van der Waals surface area contributed by atoms with Gasteiger partial charge in [0.25, 0.3) is 0 Å². The highest BCUT2D eigenvalue weighted by molar-refractivity contribution is 6.31. The summed E-state index contributed by atoms with van der Waals surface area (Å²) in [6.45, 7) is 5.57. The maximum Gasteiger partial charge on any atom is 0.0438 e. The van der Waals surface area contributed by atoms with Crippen LogP contribution in [-0.2, 0) is 6.42 Å². The van der Waals surface area contributed by atoms with E-state index in [1.807, 2.05) is 12.1 Å². The van der Waals surface area contributed by atoms with Crippen molar-refractivity contribution in [2.24, 2.45) is 11.8 Å². The smallest absolute Gasteiger partial charge is 0.0438 e. The van der Waals surface area contributed by atoms with Gasteiger partial charge in [0.2, 0.25) is 0 Å². The standard InChI is InChI=1S/C19H30ClN/c1-3-7-15-10-12-16(13-11-15)19(21-4-2)14-17-8-5-6-9-18(17)20/h5-6,8-9,15-16,19,21H,3-4,7,10-14H2,1-2H3. The molecule has 118 valence electrons. The first-order chi connectivity index (χ1) is 10.2. The van der Waals surface area contributed by atoms with E-state index in [9.17, 15) is 0 Å². The Labute approximate surface area is 135 Å². The van der Waals surface area contributed by atoms with E-state index in [0.29, 0.717) is 6.04 Å². The number of hydrogen-bond acceptors (Lipinski definition) is 1. The summed E-state index contributed by atoms with van der Waals surface area (Å²) >= 11 is 6.34. The molecule has 0 bridgehead atoms. The molecular formula is C19H30ClN. The molecule has 1 nitrogen and oxygen atoms in total. The molecule has 0 aliphatic heterocycles. The largest absolute Gasteiger partial charge is 0.314 e. The van der Waals surface area contributed by atoms with Gasteiger partial charge in [0.1, 0.15) is 0 Å². The van der Waals surface area contributed by atoms with Crippen molar-refractivity contribution in [1.82, 2.24) is 5.32 Å². The third kappa shape index (κ3) is 5.00. The van der Waals surface area contributed by atoms with E-state index in [1.165, 1.54) is 44.1 Å². The average Bonchev–Trinajstić information content (AvgIpc) is 2.50. The summed E-state index contributed by atoms with van der Waals surface area (Å²) in [5, 5.41) is 4.63. The third-order valence-corrected chi connectivity index (χ3v) is 5.39. The quantitative estimate of drug-likeness (QED) is 0.704. The zero-order valence-corrected chi connectivity index (χ0v) is 14.3. The minimum Gasteiger partial charge on any atom is -0.314 e. The Morgan fingerprint density at radius 1 is 1.14 bits per heavy atom. The average molecular weight is 308 g/mol. The summed E-state index contributed by atoms with van der Waals surface area (Å²) < 4.78 is 0. The molecule has 1 saturated carbocycles. The van der Waals surface area contributed by atoms with Crippen LogP contribution in [0.3, 0.4) is 0 Å². The van der Waals surface area contributed by atoms with Crippen molar-refractivity contribution in [3.05, 3.63) is 34.9 Å². The molecule has 1 aliphatic rings. The highest BCUT2D eigenvalue weighted by Gasteiger charge is 2.27. The van der Waals surface area contributed by atoms with Gasteiger partial charge in [-0.2, -0.15) is 0 Å². The van der Waals surface area contributed by atoms with Gasteiger partial charge in [-0.15, -0.1) is 0 Å². The normalized spacial score (nSPS) is 24.0. The zero-order valence-electron chi connectivity index (χ0n) is 13.6. The number of nitrogens with one attached hydrogen (secondary N) is 1. The van der Waals surface area contributed by atoms with E-state index in [-0.39, 0.29) is 0 Å². The summed E-state index contributed by atoms with van der Waals surface area (Å²) in [5.41, 5.74) is 1.29. The molecule has 21 heavy (non-hydrogen) atoms. The second-order valence-electron chi connectivity index (χ2n) is 6.53. The molecule has 0 aromatic heterocycles. The molecule has 1 aromatic rings. The van der Waals surface area contributed by atoms with E-state index in [4.69, 9.17) is 11.6 Å². The summed E-state index contributed by atoms with van der Waals surface area (Å²) in [4.78, 5) is 0. The fourth-order valence-electron chi connectivity index (χ4n) is 3.86. The Hall–Kier alpha value is -0.530. The van der Waals surface area contributed by atoms with Crippen molar-refractivity contribution in [1.29, 1.82) is 0 Å². The second kappa shape index (κ2) is 8.80. The van der Waals surface area contributed by atoms with Crippen LogP contribution < -0.4 is 5.32 Å². The summed E-state index contributed by atoms with van der Waals surface area (Å²) in [7, 11) is 0. The molecule has 1 aromatic carbocycles. The van der Waals surface area contributed by atoms with E-state index < -0.39 is 0 Å². The van der Waals surface area contributed by atoms with E-state index >= 15 is 0 Å². The first kappa shape index (κ1) is 16.8. The molecule has 0 spiro atoms. The van der Waals surface area contributed by atoms with Gasteiger partial charge in [-0.25, -0.2) is 0 Å². The lowest BCUT2D eigenvalue weighted by atomic mass is 9.76. The van der Waals surface area contributed by atoms with Crippen LogP contribution in [0, 0.1) is 11.8 Å². The number of likely N-dealkylation sites (N-methyl/N-ethyl adjacent to an activating group) is 1. The molecule has 1 unspecified atom stereocenters. The van der Waals surface area contributed by atoms with Gasteiger partial charge in [0.05, 0.1) is 0 Å². The SMILES string of the molecule is CCCC1CCC(C(Cc2ccccc2Cl)NCC)CC1.